The van der Waals surface area contributed by atoms with E-state index in [-0.39, 0.29) is 16.3 Å². The van der Waals surface area contributed by atoms with Gasteiger partial charge in [-0.25, -0.2) is 0 Å². The van der Waals surface area contributed by atoms with Gasteiger partial charge < -0.3 is 9.84 Å². The summed E-state index contributed by atoms with van der Waals surface area (Å²) >= 11 is 0. The van der Waals surface area contributed by atoms with Crippen molar-refractivity contribution in [1.82, 2.24) is 9.99 Å². The SMILES string of the molecule is Cc1cc(C)cc(OCC(=O)N2N=C(c3cccnc3)C[C@@]2(O)C(F)(F)F)c1. The van der Waals surface area contributed by atoms with E-state index in [2.05, 4.69) is 10.1 Å². The number of pyridine rings is 1. The van der Waals surface area contributed by atoms with Crippen molar-refractivity contribution >= 4 is 11.6 Å². The highest BCUT2D eigenvalue weighted by Crippen LogP contribution is 2.41. The lowest BCUT2D eigenvalue weighted by Crippen LogP contribution is -2.57. The summed E-state index contributed by atoms with van der Waals surface area (Å²) < 4.78 is 46.0. The summed E-state index contributed by atoms with van der Waals surface area (Å²) in [5.74, 6) is -0.769. The number of carbonyl (C=O) groups is 1. The van der Waals surface area contributed by atoms with Crippen LogP contribution in [0, 0.1) is 13.8 Å². The maximum absolute atomic E-state index is 13.5. The molecule has 1 atom stereocenters. The van der Waals surface area contributed by atoms with Gasteiger partial charge in [0.15, 0.2) is 6.61 Å². The van der Waals surface area contributed by atoms with E-state index in [1.807, 2.05) is 19.9 Å². The summed E-state index contributed by atoms with van der Waals surface area (Å²) in [7, 11) is 0. The van der Waals surface area contributed by atoms with Gasteiger partial charge in [0.25, 0.3) is 11.6 Å². The van der Waals surface area contributed by atoms with Crippen molar-refractivity contribution in [1.29, 1.82) is 0 Å². The van der Waals surface area contributed by atoms with Gasteiger partial charge in [-0.15, -0.1) is 0 Å². The van der Waals surface area contributed by atoms with Crippen LogP contribution < -0.4 is 4.74 Å². The number of aromatic nitrogens is 1. The fourth-order valence-electron chi connectivity index (χ4n) is 2.95. The summed E-state index contributed by atoms with van der Waals surface area (Å²) in [6.45, 7) is 2.95. The number of aliphatic hydroxyl groups is 1. The molecule has 2 heterocycles. The second-order valence-corrected chi connectivity index (χ2v) is 6.60. The van der Waals surface area contributed by atoms with Crippen LogP contribution in [0.2, 0.25) is 0 Å². The van der Waals surface area contributed by atoms with Gasteiger partial charge in [0.2, 0.25) is 0 Å². The summed E-state index contributed by atoms with van der Waals surface area (Å²) in [5, 5.41) is 14.1. The molecule has 148 valence electrons. The lowest BCUT2D eigenvalue weighted by Gasteiger charge is -2.32. The van der Waals surface area contributed by atoms with Gasteiger partial charge in [-0.05, 0) is 43.2 Å². The van der Waals surface area contributed by atoms with E-state index in [1.165, 1.54) is 24.5 Å². The van der Waals surface area contributed by atoms with E-state index in [0.29, 0.717) is 5.75 Å². The minimum absolute atomic E-state index is 0.0536. The average molecular weight is 393 g/mol. The van der Waals surface area contributed by atoms with Crippen molar-refractivity contribution in [3.63, 3.8) is 0 Å². The van der Waals surface area contributed by atoms with Crippen molar-refractivity contribution in [3.8, 4) is 5.75 Å². The molecule has 0 unspecified atom stereocenters. The smallest absolute Gasteiger partial charge is 0.438 e. The van der Waals surface area contributed by atoms with Gasteiger partial charge in [-0.1, -0.05) is 12.1 Å². The highest BCUT2D eigenvalue weighted by molar-refractivity contribution is 6.03. The molecule has 28 heavy (non-hydrogen) atoms. The maximum atomic E-state index is 13.5. The fourth-order valence-corrected chi connectivity index (χ4v) is 2.95. The molecule has 0 fully saturated rings. The van der Waals surface area contributed by atoms with E-state index in [4.69, 9.17) is 4.74 Å². The number of hydrogen-bond acceptors (Lipinski definition) is 5. The molecule has 1 aliphatic rings. The molecule has 0 aliphatic carbocycles. The van der Waals surface area contributed by atoms with Gasteiger partial charge in [-0.3, -0.25) is 9.78 Å². The zero-order valence-electron chi connectivity index (χ0n) is 15.2. The van der Waals surface area contributed by atoms with Crippen molar-refractivity contribution in [3.05, 3.63) is 59.4 Å². The standard InChI is InChI=1S/C19H18F3N3O3/c1-12-6-13(2)8-15(7-12)28-11-17(26)25-18(27,19(20,21)22)9-16(24-25)14-4-3-5-23-10-14/h3-8,10,27H,9,11H2,1-2H3/t18-/m1/s1. The highest BCUT2D eigenvalue weighted by atomic mass is 19.4. The third-order valence-electron chi connectivity index (χ3n) is 4.23. The zero-order chi connectivity index (χ0) is 20.5. The van der Waals surface area contributed by atoms with Crippen molar-refractivity contribution in [2.24, 2.45) is 5.10 Å². The predicted molar refractivity (Wildman–Crippen MR) is 94.7 cm³/mol. The molecule has 6 nitrogen and oxygen atoms in total. The van der Waals surface area contributed by atoms with Gasteiger partial charge in [0.1, 0.15) is 5.75 Å². The van der Waals surface area contributed by atoms with Crippen molar-refractivity contribution in [2.45, 2.75) is 32.2 Å². The van der Waals surface area contributed by atoms with Gasteiger partial charge in [0.05, 0.1) is 12.1 Å². The van der Waals surface area contributed by atoms with Crippen molar-refractivity contribution < 1.29 is 27.8 Å². The first-order valence-corrected chi connectivity index (χ1v) is 8.41. The molecule has 9 heteroatoms. The third-order valence-corrected chi connectivity index (χ3v) is 4.23. The molecule has 3 rings (SSSR count). The highest BCUT2D eigenvalue weighted by Gasteiger charge is 2.63. The second-order valence-electron chi connectivity index (χ2n) is 6.60. The first-order valence-electron chi connectivity index (χ1n) is 8.41. The Labute approximate surface area is 159 Å². The first-order chi connectivity index (χ1) is 13.1. The average Bonchev–Trinajstić information content (AvgIpc) is 2.99. The number of benzene rings is 1. The number of halogens is 3. The molecular formula is C19H18F3N3O3. The number of rotatable bonds is 4. The molecule has 1 aromatic heterocycles. The first kappa shape index (κ1) is 19.8. The Bertz CT molecular complexity index is 895. The summed E-state index contributed by atoms with van der Waals surface area (Å²) in [6, 6.07) is 8.23. The monoisotopic (exact) mass is 393 g/mol. The lowest BCUT2D eigenvalue weighted by molar-refractivity contribution is -0.302. The fraction of sp³-hybridized carbons (Fsp3) is 0.316. The number of nitrogens with zero attached hydrogens (tertiary/aromatic N) is 3. The second kappa shape index (κ2) is 7.23. The van der Waals surface area contributed by atoms with Gasteiger partial charge in [0, 0.05) is 18.0 Å². The van der Waals surface area contributed by atoms with Crippen LogP contribution in [0.1, 0.15) is 23.1 Å². The van der Waals surface area contributed by atoms with Crippen LogP contribution >= 0.6 is 0 Å². The number of hydrazone groups is 1. The van der Waals surface area contributed by atoms with Gasteiger partial charge >= 0.3 is 6.18 Å². The zero-order valence-corrected chi connectivity index (χ0v) is 15.2. The number of carbonyl (C=O) groups excluding carboxylic acids is 1. The Morgan fingerprint density at radius 3 is 2.54 bits per heavy atom. The number of ether oxygens (including phenoxy) is 1. The largest absolute Gasteiger partial charge is 0.484 e. The van der Waals surface area contributed by atoms with E-state index in [1.54, 1.807) is 12.1 Å². The molecule has 0 bridgehead atoms. The molecular weight excluding hydrogens is 375 g/mol. The summed E-state index contributed by atoms with van der Waals surface area (Å²) in [4.78, 5) is 16.3. The molecule has 1 aliphatic heterocycles. The minimum Gasteiger partial charge on any atom is -0.484 e. The van der Waals surface area contributed by atoms with Crippen LogP contribution in [-0.4, -0.2) is 45.2 Å². The van der Waals surface area contributed by atoms with E-state index >= 15 is 0 Å². The van der Waals surface area contributed by atoms with Crippen LogP contribution in [0.25, 0.3) is 0 Å². The molecule has 0 spiro atoms. The van der Waals surface area contributed by atoms with E-state index in [9.17, 15) is 23.1 Å². The van der Waals surface area contributed by atoms with Gasteiger partial charge in [-0.2, -0.15) is 23.3 Å². The Kier molecular flexibility index (Phi) is 5.12. The Balaban J connectivity index is 1.85. The van der Waals surface area contributed by atoms with Crippen LogP contribution in [-0.2, 0) is 4.79 Å². The van der Waals surface area contributed by atoms with Crippen LogP contribution in [0.3, 0.4) is 0 Å². The van der Waals surface area contributed by atoms with Crippen LogP contribution in [0.4, 0.5) is 13.2 Å². The topological polar surface area (TPSA) is 75.0 Å². The third kappa shape index (κ3) is 3.84. The predicted octanol–water partition coefficient (Wildman–Crippen LogP) is 2.96. The Morgan fingerprint density at radius 2 is 1.96 bits per heavy atom. The Hall–Kier alpha value is -2.94. The number of hydrogen-bond donors (Lipinski definition) is 1. The summed E-state index contributed by atoms with van der Waals surface area (Å²) in [6.07, 6.45) is -3.22. The van der Waals surface area contributed by atoms with E-state index < -0.39 is 30.8 Å². The normalized spacial score (nSPS) is 19.5. The lowest BCUT2D eigenvalue weighted by atomic mass is 10.0. The summed E-state index contributed by atoms with van der Waals surface area (Å²) in [5.41, 5.74) is -1.48. The molecule has 2 aromatic rings. The van der Waals surface area contributed by atoms with Crippen LogP contribution in [0.5, 0.6) is 5.75 Å². The van der Waals surface area contributed by atoms with Crippen LogP contribution in [0.15, 0.2) is 47.8 Å². The quantitative estimate of drug-likeness (QED) is 0.867. The minimum atomic E-state index is -5.10. The molecule has 0 radical (unpaired) electrons. The number of amides is 1. The molecule has 0 saturated carbocycles. The molecule has 1 aromatic carbocycles. The molecule has 1 amide bonds. The molecule has 1 N–H and O–H groups in total. The van der Waals surface area contributed by atoms with E-state index in [0.717, 1.165) is 11.1 Å². The Morgan fingerprint density at radius 1 is 1.29 bits per heavy atom. The number of aryl methyl sites for hydroxylation is 2. The maximum Gasteiger partial charge on any atom is 0.438 e. The number of alkyl halides is 3. The van der Waals surface area contributed by atoms with Crippen molar-refractivity contribution in [2.75, 3.05) is 6.61 Å². The molecule has 0 saturated heterocycles.